The molecule has 4 nitrogen and oxygen atoms in total. The number of hydrogen-bond donors (Lipinski definition) is 0. The van der Waals surface area contributed by atoms with E-state index in [0.717, 1.165) is 28.0 Å². The minimum Gasteiger partial charge on any atom is -0.497 e. The van der Waals surface area contributed by atoms with Crippen LogP contribution >= 0.6 is 11.3 Å². The Morgan fingerprint density at radius 2 is 2.04 bits per heavy atom. The molecule has 1 aliphatic rings. The number of aromatic nitrogens is 1. The van der Waals surface area contributed by atoms with E-state index in [1.54, 1.807) is 7.11 Å². The molecule has 0 spiro atoms. The van der Waals surface area contributed by atoms with E-state index in [0.29, 0.717) is 5.01 Å². The highest BCUT2D eigenvalue weighted by atomic mass is 32.1. The van der Waals surface area contributed by atoms with Gasteiger partial charge in [0.05, 0.1) is 23.4 Å². The predicted molar refractivity (Wildman–Crippen MR) is 96.8 cm³/mol. The van der Waals surface area contributed by atoms with Crippen molar-refractivity contribution >= 4 is 27.3 Å². The van der Waals surface area contributed by atoms with Crippen LogP contribution in [0.5, 0.6) is 5.75 Å². The molecule has 0 amide bonds. The fraction of sp³-hybridized carbons (Fsp3) is 0.250. The van der Waals surface area contributed by atoms with Crippen molar-refractivity contribution < 1.29 is 9.53 Å². The van der Waals surface area contributed by atoms with Gasteiger partial charge in [-0.05, 0) is 42.2 Å². The lowest BCUT2D eigenvalue weighted by molar-refractivity contribution is -0.120. The molecule has 0 saturated heterocycles. The number of carbonyl (C=O) groups is 1. The van der Waals surface area contributed by atoms with E-state index < -0.39 is 5.92 Å². The summed E-state index contributed by atoms with van der Waals surface area (Å²) in [5.41, 5.74) is 1.97. The zero-order valence-electron chi connectivity index (χ0n) is 13.7. The summed E-state index contributed by atoms with van der Waals surface area (Å²) in [7, 11) is 1.63. The second-order valence-electron chi connectivity index (χ2n) is 6.21. The van der Waals surface area contributed by atoms with E-state index in [2.05, 4.69) is 11.1 Å². The molecule has 4 rings (SSSR count). The maximum absolute atomic E-state index is 12.8. The van der Waals surface area contributed by atoms with Gasteiger partial charge in [-0.15, -0.1) is 11.3 Å². The van der Waals surface area contributed by atoms with Crippen LogP contribution in [-0.4, -0.2) is 17.9 Å². The van der Waals surface area contributed by atoms with Crippen molar-refractivity contribution in [3.63, 3.8) is 0 Å². The van der Waals surface area contributed by atoms with E-state index in [1.165, 1.54) is 11.3 Å². The third kappa shape index (κ3) is 2.90. The highest BCUT2D eigenvalue weighted by Crippen LogP contribution is 2.50. The quantitative estimate of drug-likeness (QED) is 0.690. The molecule has 0 bridgehead atoms. The summed E-state index contributed by atoms with van der Waals surface area (Å²) in [5.74, 6) is 0.123. The van der Waals surface area contributed by atoms with Crippen LogP contribution in [0.25, 0.3) is 10.2 Å². The van der Waals surface area contributed by atoms with E-state index >= 15 is 0 Å². The minimum atomic E-state index is -0.773. The first-order valence-corrected chi connectivity index (χ1v) is 8.95. The molecule has 3 aromatic rings. The van der Waals surface area contributed by atoms with E-state index in [-0.39, 0.29) is 17.6 Å². The molecule has 1 saturated carbocycles. The number of nitriles is 1. The van der Waals surface area contributed by atoms with Gasteiger partial charge < -0.3 is 4.74 Å². The Hall–Kier alpha value is -2.71. The Balaban J connectivity index is 1.54. The fourth-order valence-electron chi connectivity index (χ4n) is 3.20. The zero-order chi connectivity index (χ0) is 17.4. The lowest BCUT2D eigenvalue weighted by atomic mass is 9.99. The number of methoxy groups -OCH3 is 1. The number of ketones is 1. The third-order valence-corrected chi connectivity index (χ3v) is 5.77. The number of hydrogen-bond acceptors (Lipinski definition) is 5. The molecule has 1 fully saturated rings. The van der Waals surface area contributed by atoms with Crippen LogP contribution in [0.15, 0.2) is 48.5 Å². The number of thiazole rings is 1. The summed E-state index contributed by atoms with van der Waals surface area (Å²) in [6.07, 6.45) is 0.800. The van der Waals surface area contributed by atoms with Gasteiger partial charge in [0.15, 0.2) is 11.7 Å². The smallest absolute Gasteiger partial charge is 0.160 e. The van der Waals surface area contributed by atoms with Crippen LogP contribution in [0.2, 0.25) is 0 Å². The van der Waals surface area contributed by atoms with Gasteiger partial charge in [-0.25, -0.2) is 4.98 Å². The van der Waals surface area contributed by atoms with Crippen molar-refractivity contribution in [3.8, 4) is 11.8 Å². The number of rotatable bonds is 5. The molecule has 1 heterocycles. The van der Waals surface area contributed by atoms with Crippen LogP contribution in [0.4, 0.5) is 0 Å². The number of ether oxygens (including phenoxy) is 1. The van der Waals surface area contributed by atoms with Crippen LogP contribution < -0.4 is 4.74 Å². The van der Waals surface area contributed by atoms with Crippen LogP contribution in [0.1, 0.15) is 28.8 Å². The Morgan fingerprint density at radius 1 is 1.28 bits per heavy atom. The Labute approximate surface area is 149 Å². The van der Waals surface area contributed by atoms with E-state index in [4.69, 9.17) is 4.74 Å². The molecule has 0 unspecified atom stereocenters. The average Bonchev–Trinajstić information content (AvgIpc) is 3.34. The molecule has 124 valence electrons. The summed E-state index contributed by atoms with van der Waals surface area (Å²) in [5, 5.41) is 10.2. The van der Waals surface area contributed by atoms with Crippen molar-refractivity contribution in [2.24, 2.45) is 5.92 Å². The summed E-state index contributed by atoms with van der Waals surface area (Å²) >= 11 is 1.43. The Bertz CT molecular complexity index is 938. The number of carbonyl (C=O) groups excluding carboxylic acids is 1. The molecule has 1 aromatic heterocycles. The SMILES string of the molecule is COc1ccc([C@@H]2C[C@@H]2C(=O)[C@H](C#N)c2nc3ccccc3s2)cc1. The molecule has 3 atom stereocenters. The number of fused-ring (bicyclic) bond motifs is 1. The minimum absolute atomic E-state index is 0.0117. The standard InChI is InChI=1S/C20H16N2O2S/c1-24-13-8-6-12(7-9-13)14-10-15(14)19(23)16(11-21)20-22-17-4-2-3-5-18(17)25-20/h2-9,14-16H,10H2,1H3/t14-,15-,16-/m0/s1. The lowest BCUT2D eigenvalue weighted by Crippen LogP contribution is -2.13. The number of Topliss-reactive ketones (excluding diaryl/α,β-unsaturated/α-hetero) is 1. The molecule has 0 radical (unpaired) electrons. The molecule has 0 aliphatic heterocycles. The number of benzene rings is 2. The molecule has 2 aromatic carbocycles. The lowest BCUT2D eigenvalue weighted by Gasteiger charge is -2.05. The summed E-state index contributed by atoms with van der Waals surface area (Å²) in [6.45, 7) is 0. The van der Waals surface area contributed by atoms with Crippen molar-refractivity contribution in [1.29, 1.82) is 5.26 Å². The fourth-order valence-corrected chi connectivity index (χ4v) is 4.22. The first-order chi connectivity index (χ1) is 12.2. The van der Waals surface area contributed by atoms with Gasteiger partial charge in [-0.3, -0.25) is 4.79 Å². The van der Waals surface area contributed by atoms with Crippen molar-refractivity contribution in [2.45, 2.75) is 18.3 Å². The van der Waals surface area contributed by atoms with Gasteiger partial charge in [-0.2, -0.15) is 5.26 Å². The first-order valence-electron chi connectivity index (χ1n) is 8.14. The molecule has 5 heteroatoms. The Kier molecular flexibility index (Phi) is 3.98. The predicted octanol–water partition coefficient (Wildman–Crippen LogP) is 4.28. The average molecular weight is 348 g/mol. The first kappa shape index (κ1) is 15.8. The maximum atomic E-state index is 12.8. The number of para-hydroxylation sites is 1. The number of nitrogens with zero attached hydrogens (tertiary/aromatic N) is 2. The van der Waals surface area contributed by atoms with Gasteiger partial charge in [0.2, 0.25) is 0 Å². The van der Waals surface area contributed by atoms with Gasteiger partial charge in [0.25, 0.3) is 0 Å². The summed E-state index contributed by atoms with van der Waals surface area (Å²) in [4.78, 5) is 17.3. The van der Waals surface area contributed by atoms with Gasteiger partial charge in [-0.1, -0.05) is 24.3 Å². The highest BCUT2D eigenvalue weighted by Gasteiger charge is 2.47. The van der Waals surface area contributed by atoms with Crippen molar-refractivity contribution in [3.05, 3.63) is 59.1 Å². The van der Waals surface area contributed by atoms with Crippen molar-refractivity contribution in [2.75, 3.05) is 7.11 Å². The zero-order valence-corrected chi connectivity index (χ0v) is 14.5. The molecular formula is C20H16N2O2S. The van der Waals surface area contributed by atoms with Gasteiger partial charge in [0, 0.05) is 5.92 Å². The molecular weight excluding hydrogens is 332 g/mol. The molecule has 1 aliphatic carbocycles. The van der Waals surface area contributed by atoms with Crippen LogP contribution in [0, 0.1) is 17.2 Å². The third-order valence-electron chi connectivity index (χ3n) is 4.67. The topological polar surface area (TPSA) is 63.0 Å². The van der Waals surface area contributed by atoms with Crippen LogP contribution in [0.3, 0.4) is 0 Å². The summed E-state index contributed by atoms with van der Waals surface area (Å²) in [6, 6.07) is 17.7. The highest BCUT2D eigenvalue weighted by molar-refractivity contribution is 7.18. The van der Waals surface area contributed by atoms with Crippen molar-refractivity contribution in [1.82, 2.24) is 4.98 Å². The summed E-state index contributed by atoms with van der Waals surface area (Å²) < 4.78 is 6.18. The van der Waals surface area contributed by atoms with E-state index in [9.17, 15) is 10.1 Å². The van der Waals surface area contributed by atoms with Crippen LogP contribution in [-0.2, 0) is 4.79 Å². The Morgan fingerprint density at radius 3 is 2.72 bits per heavy atom. The van der Waals surface area contributed by atoms with Gasteiger partial charge in [0.1, 0.15) is 10.8 Å². The van der Waals surface area contributed by atoms with E-state index in [1.807, 2.05) is 48.5 Å². The normalized spacial score (nSPS) is 20.0. The molecule has 0 N–H and O–H groups in total. The monoisotopic (exact) mass is 348 g/mol. The van der Waals surface area contributed by atoms with Gasteiger partial charge >= 0.3 is 0 Å². The second kappa shape index (κ2) is 6.30. The second-order valence-corrected chi connectivity index (χ2v) is 7.27. The molecule has 25 heavy (non-hydrogen) atoms. The maximum Gasteiger partial charge on any atom is 0.160 e. The largest absolute Gasteiger partial charge is 0.497 e.